The lowest BCUT2D eigenvalue weighted by molar-refractivity contribution is 0.135. The summed E-state index contributed by atoms with van der Waals surface area (Å²) in [5, 5.41) is 6.16. The largest absolute Gasteiger partial charge is 0.449 e. The van der Waals surface area contributed by atoms with Gasteiger partial charge in [-0.05, 0) is 35.2 Å². The van der Waals surface area contributed by atoms with Crippen LogP contribution in [-0.4, -0.2) is 32.3 Å². The average molecular weight is 352 g/mol. The molecule has 0 fully saturated rings. The number of ether oxygens (including phenoxy) is 1. The van der Waals surface area contributed by atoms with Gasteiger partial charge in [-0.15, -0.1) is 0 Å². The van der Waals surface area contributed by atoms with E-state index in [-0.39, 0.29) is 18.1 Å². The Balaban J connectivity index is 1.69. The van der Waals surface area contributed by atoms with Crippen LogP contribution in [0, 0.1) is 5.92 Å². The topological polar surface area (TPSA) is 50.4 Å². The molecule has 4 nitrogen and oxygen atoms in total. The summed E-state index contributed by atoms with van der Waals surface area (Å²) in [6.07, 6.45) is 0.670. The van der Waals surface area contributed by atoms with Crippen LogP contribution < -0.4 is 10.6 Å². The van der Waals surface area contributed by atoms with Crippen LogP contribution in [0.15, 0.2) is 48.5 Å². The second kappa shape index (κ2) is 8.37. The SMILES string of the molecule is CCC(C)[C@@H](CNC)NC(=O)OCC1c2ccccc2-c2ccccc21. The van der Waals surface area contributed by atoms with Gasteiger partial charge < -0.3 is 15.4 Å². The first-order chi connectivity index (χ1) is 12.7. The van der Waals surface area contributed by atoms with Crippen LogP contribution in [0.2, 0.25) is 0 Å². The van der Waals surface area contributed by atoms with E-state index in [1.54, 1.807) is 0 Å². The minimum absolute atomic E-state index is 0.0700. The predicted octanol–water partition coefficient (Wildman–Crippen LogP) is 4.16. The quantitative estimate of drug-likeness (QED) is 0.787. The van der Waals surface area contributed by atoms with E-state index < -0.39 is 0 Å². The van der Waals surface area contributed by atoms with Gasteiger partial charge in [-0.1, -0.05) is 68.8 Å². The molecule has 1 unspecified atom stereocenters. The van der Waals surface area contributed by atoms with Crippen molar-refractivity contribution in [1.82, 2.24) is 10.6 Å². The lowest BCUT2D eigenvalue weighted by Crippen LogP contribution is -2.45. The van der Waals surface area contributed by atoms with Gasteiger partial charge in [0.1, 0.15) is 6.61 Å². The lowest BCUT2D eigenvalue weighted by Gasteiger charge is -2.24. The summed E-state index contributed by atoms with van der Waals surface area (Å²) in [4.78, 5) is 12.4. The molecule has 0 radical (unpaired) electrons. The van der Waals surface area contributed by atoms with Gasteiger partial charge >= 0.3 is 6.09 Å². The molecule has 26 heavy (non-hydrogen) atoms. The van der Waals surface area contributed by atoms with Gasteiger partial charge in [-0.2, -0.15) is 0 Å². The van der Waals surface area contributed by atoms with E-state index in [9.17, 15) is 4.79 Å². The Hall–Kier alpha value is -2.33. The van der Waals surface area contributed by atoms with Crippen molar-refractivity contribution >= 4 is 6.09 Å². The number of rotatable bonds is 7. The smallest absolute Gasteiger partial charge is 0.407 e. The summed E-state index contributed by atoms with van der Waals surface area (Å²) in [7, 11) is 1.90. The molecule has 1 amide bonds. The van der Waals surface area contributed by atoms with Gasteiger partial charge in [0.25, 0.3) is 0 Å². The molecule has 138 valence electrons. The fourth-order valence-electron chi connectivity index (χ4n) is 3.69. The van der Waals surface area contributed by atoms with Crippen LogP contribution in [-0.2, 0) is 4.74 Å². The number of carbonyl (C=O) groups is 1. The summed E-state index contributed by atoms with van der Waals surface area (Å²) < 4.78 is 5.63. The van der Waals surface area contributed by atoms with E-state index in [1.165, 1.54) is 22.3 Å². The van der Waals surface area contributed by atoms with Crippen LogP contribution in [0.1, 0.15) is 37.3 Å². The van der Waals surface area contributed by atoms with E-state index in [0.717, 1.165) is 13.0 Å². The molecule has 0 heterocycles. The summed E-state index contributed by atoms with van der Waals surface area (Å²) in [6, 6.07) is 16.8. The standard InChI is InChI=1S/C22H28N2O2/c1-4-15(2)21(13-23-3)24-22(25)26-14-20-18-11-7-5-9-16(18)17-10-6-8-12-19(17)20/h5-12,15,20-21,23H,4,13-14H2,1-3H3,(H,24,25)/t15?,21-/m1/s1. The first-order valence-electron chi connectivity index (χ1n) is 9.41. The molecular formula is C22H28N2O2. The van der Waals surface area contributed by atoms with Crippen LogP contribution in [0.4, 0.5) is 4.79 Å². The van der Waals surface area contributed by atoms with Gasteiger partial charge in [0, 0.05) is 18.5 Å². The number of likely N-dealkylation sites (N-methyl/N-ethyl adjacent to an activating group) is 1. The minimum Gasteiger partial charge on any atom is -0.449 e. The molecule has 2 N–H and O–H groups in total. The van der Waals surface area contributed by atoms with Crippen LogP contribution >= 0.6 is 0 Å². The molecule has 1 aliphatic carbocycles. The van der Waals surface area contributed by atoms with E-state index in [0.29, 0.717) is 12.5 Å². The van der Waals surface area contributed by atoms with E-state index in [4.69, 9.17) is 4.74 Å². The average Bonchev–Trinajstić information content (AvgIpc) is 2.99. The Bertz CT molecular complexity index is 714. The Kier molecular flexibility index (Phi) is 5.94. The van der Waals surface area contributed by atoms with E-state index in [1.807, 2.05) is 19.2 Å². The molecule has 0 bridgehead atoms. The van der Waals surface area contributed by atoms with Gasteiger partial charge in [0.15, 0.2) is 0 Å². The van der Waals surface area contributed by atoms with Crippen LogP contribution in [0.5, 0.6) is 0 Å². The highest BCUT2D eigenvalue weighted by molar-refractivity contribution is 5.79. The maximum absolute atomic E-state index is 12.4. The summed E-state index contributed by atoms with van der Waals surface area (Å²) in [6.45, 7) is 5.37. The maximum Gasteiger partial charge on any atom is 0.407 e. The molecule has 0 saturated carbocycles. The number of fused-ring (bicyclic) bond motifs is 3. The molecule has 3 rings (SSSR count). The molecule has 2 aromatic carbocycles. The Morgan fingerprint density at radius 3 is 2.19 bits per heavy atom. The molecule has 0 spiro atoms. The highest BCUT2D eigenvalue weighted by Crippen LogP contribution is 2.44. The molecule has 0 aliphatic heterocycles. The van der Waals surface area contributed by atoms with Crippen LogP contribution in [0.25, 0.3) is 11.1 Å². The maximum atomic E-state index is 12.4. The number of alkyl carbamates (subject to hydrolysis) is 1. The van der Waals surface area contributed by atoms with Crippen LogP contribution in [0.3, 0.4) is 0 Å². The minimum atomic E-state index is -0.340. The number of carbonyl (C=O) groups excluding carboxylic acids is 1. The highest BCUT2D eigenvalue weighted by atomic mass is 16.5. The third-order valence-electron chi connectivity index (χ3n) is 5.40. The Labute approximate surface area is 156 Å². The highest BCUT2D eigenvalue weighted by Gasteiger charge is 2.29. The summed E-state index contributed by atoms with van der Waals surface area (Å²) >= 11 is 0. The molecule has 1 aliphatic rings. The molecule has 2 atom stereocenters. The van der Waals surface area contributed by atoms with Crippen molar-refractivity contribution in [2.24, 2.45) is 5.92 Å². The number of hydrogen-bond acceptors (Lipinski definition) is 3. The van der Waals surface area contributed by atoms with Gasteiger partial charge in [-0.25, -0.2) is 4.79 Å². The molecule has 0 aromatic heterocycles. The number of amides is 1. The monoisotopic (exact) mass is 352 g/mol. The first-order valence-corrected chi connectivity index (χ1v) is 9.41. The Morgan fingerprint density at radius 1 is 1.08 bits per heavy atom. The summed E-state index contributed by atoms with van der Waals surface area (Å²) in [5.74, 6) is 0.488. The van der Waals surface area contributed by atoms with Crippen molar-refractivity contribution in [1.29, 1.82) is 0 Å². The first kappa shape index (κ1) is 18.5. The zero-order chi connectivity index (χ0) is 18.5. The fourth-order valence-corrected chi connectivity index (χ4v) is 3.69. The number of hydrogen-bond donors (Lipinski definition) is 2. The Morgan fingerprint density at radius 2 is 1.65 bits per heavy atom. The van der Waals surface area contributed by atoms with Crippen molar-refractivity contribution in [2.75, 3.05) is 20.2 Å². The van der Waals surface area contributed by atoms with E-state index >= 15 is 0 Å². The van der Waals surface area contributed by atoms with Gasteiger partial charge in [-0.3, -0.25) is 0 Å². The van der Waals surface area contributed by atoms with Crippen molar-refractivity contribution in [3.63, 3.8) is 0 Å². The number of nitrogens with one attached hydrogen (secondary N) is 2. The third kappa shape index (κ3) is 3.75. The molecule has 2 aromatic rings. The second-order valence-corrected chi connectivity index (χ2v) is 7.02. The second-order valence-electron chi connectivity index (χ2n) is 7.02. The summed E-state index contributed by atoms with van der Waals surface area (Å²) in [5.41, 5.74) is 4.94. The van der Waals surface area contributed by atoms with Gasteiger partial charge in [0.2, 0.25) is 0 Å². The van der Waals surface area contributed by atoms with Crippen molar-refractivity contribution < 1.29 is 9.53 Å². The van der Waals surface area contributed by atoms with Gasteiger partial charge in [0.05, 0.1) is 0 Å². The van der Waals surface area contributed by atoms with Crippen molar-refractivity contribution in [3.8, 4) is 11.1 Å². The normalized spacial score (nSPS) is 15.0. The third-order valence-corrected chi connectivity index (χ3v) is 5.40. The molecule has 4 heteroatoms. The zero-order valence-electron chi connectivity index (χ0n) is 15.8. The molecular weight excluding hydrogens is 324 g/mol. The fraction of sp³-hybridized carbons (Fsp3) is 0.409. The zero-order valence-corrected chi connectivity index (χ0v) is 15.8. The molecule has 0 saturated heterocycles. The van der Waals surface area contributed by atoms with Crippen molar-refractivity contribution in [3.05, 3.63) is 59.7 Å². The predicted molar refractivity (Wildman–Crippen MR) is 105 cm³/mol. The van der Waals surface area contributed by atoms with E-state index in [2.05, 4.69) is 60.9 Å². The van der Waals surface area contributed by atoms with Crippen molar-refractivity contribution in [2.45, 2.75) is 32.2 Å². The lowest BCUT2D eigenvalue weighted by atomic mass is 9.98. The number of benzene rings is 2.